The first-order valence-corrected chi connectivity index (χ1v) is 6.94. The van der Waals surface area contributed by atoms with Crippen LogP contribution < -0.4 is 0 Å². The molecule has 0 aliphatic carbocycles. The third kappa shape index (κ3) is 4.42. The van der Waals surface area contributed by atoms with E-state index in [0.717, 1.165) is 0 Å². The summed E-state index contributed by atoms with van der Waals surface area (Å²) in [4.78, 5) is 11.5. The van der Waals surface area contributed by atoms with Gasteiger partial charge in [-0.3, -0.25) is 4.79 Å². The van der Waals surface area contributed by atoms with Crippen LogP contribution in [0.25, 0.3) is 5.76 Å². The second-order valence-electron chi connectivity index (χ2n) is 4.57. The standard InChI is InChI=1S/C16H10ClF3N2O2/c17-11-6-8-12(9-7-11)21-22-13(15(24)16(18,19)20)14(23)10-4-2-1-3-5-10/h1-9,23H. The fourth-order valence-corrected chi connectivity index (χ4v) is 1.81. The van der Waals surface area contributed by atoms with Crippen molar-refractivity contribution in [1.29, 1.82) is 0 Å². The summed E-state index contributed by atoms with van der Waals surface area (Å²) in [7, 11) is 0. The van der Waals surface area contributed by atoms with Crippen LogP contribution in [0.1, 0.15) is 5.56 Å². The van der Waals surface area contributed by atoms with Gasteiger partial charge in [0.05, 0.1) is 5.69 Å². The topological polar surface area (TPSA) is 62.0 Å². The Morgan fingerprint density at radius 1 is 1.00 bits per heavy atom. The summed E-state index contributed by atoms with van der Waals surface area (Å²) in [5.41, 5.74) is -1.00. The van der Waals surface area contributed by atoms with Gasteiger partial charge >= 0.3 is 6.18 Å². The lowest BCUT2D eigenvalue weighted by Crippen LogP contribution is -2.24. The highest BCUT2D eigenvalue weighted by Crippen LogP contribution is 2.28. The van der Waals surface area contributed by atoms with Gasteiger partial charge in [0.1, 0.15) is 0 Å². The van der Waals surface area contributed by atoms with Crippen molar-refractivity contribution in [1.82, 2.24) is 0 Å². The maximum atomic E-state index is 12.7. The van der Waals surface area contributed by atoms with E-state index in [-0.39, 0.29) is 11.3 Å². The van der Waals surface area contributed by atoms with Crippen molar-refractivity contribution in [2.24, 2.45) is 10.2 Å². The molecule has 0 bridgehead atoms. The maximum Gasteiger partial charge on any atom is 0.456 e. The SMILES string of the molecule is O=C(C(N=Nc1ccc(Cl)cc1)=C(O)c1ccccc1)C(F)(F)F. The Balaban J connectivity index is 2.47. The fourth-order valence-electron chi connectivity index (χ4n) is 1.68. The smallest absolute Gasteiger partial charge is 0.456 e. The first-order valence-electron chi connectivity index (χ1n) is 6.56. The number of Topliss-reactive ketones (excluding diaryl/α,β-unsaturated/α-hetero) is 1. The van der Waals surface area contributed by atoms with Crippen molar-refractivity contribution in [3.63, 3.8) is 0 Å². The van der Waals surface area contributed by atoms with Crippen LogP contribution in [0.15, 0.2) is 70.5 Å². The molecule has 2 rings (SSSR count). The summed E-state index contributed by atoms with van der Waals surface area (Å²) in [6.45, 7) is 0. The maximum absolute atomic E-state index is 12.7. The third-order valence-electron chi connectivity index (χ3n) is 2.84. The third-order valence-corrected chi connectivity index (χ3v) is 3.09. The van der Waals surface area contributed by atoms with Crippen LogP contribution in [-0.4, -0.2) is 17.1 Å². The number of rotatable bonds is 4. The minimum absolute atomic E-state index is 0.0140. The van der Waals surface area contributed by atoms with Crippen molar-refractivity contribution in [2.45, 2.75) is 6.18 Å². The van der Waals surface area contributed by atoms with Crippen LogP contribution >= 0.6 is 11.6 Å². The van der Waals surface area contributed by atoms with E-state index in [9.17, 15) is 23.1 Å². The molecule has 0 saturated carbocycles. The zero-order chi connectivity index (χ0) is 17.7. The van der Waals surface area contributed by atoms with Gasteiger partial charge in [-0.05, 0) is 24.3 Å². The molecule has 8 heteroatoms. The molecule has 0 aliphatic rings. The number of alkyl halides is 3. The number of allylic oxidation sites excluding steroid dienone is 1. The highest BCUT2D eigenvalue weighted by Gasteiger charge is 2.43. The number of carbonyl (C=O) groups is 1. The lowest BCUT2D eigenvalue weighted by atomic mass is 10.1. The van der Waals surface area contributed by atoms with Crippen molar-refractivity contribution < 1.29 is 23.1 Å². The van der Waals surface area contributed by atoms with Gasteiger partial charge in [0.2, 0.25) is 0 Å². The molecule has 0 amide bonds. The van der Waals surface area contributed by atoms with Crippen molar-refractivity contribution in [2.75, 3.05) is 0 Å². The number of nitrogens with zero attached hydrogens (tertiary/aromatic N) is 2. The number of aliphatic hydroxyl groups excluding tert-OH is 1. The molecule has 2 aromatic rings. The van der Waals surface area contributed by atoms with Crippen LogP contribution in [0.3, 0.4) is 0 Å². The molecule has 0 fully saturated rings. The van der Waals surface area contributed by atoms with Crippen LogP contribution in [0.5, 0.6) is 0 Å². The Bertz CT molecular complexity index is 785. The molecule has 24 heavy (non-hydrogen) atoms. The summed E-state index contributed by atoms with van der Waals surface area (Å²) in [5.74, 6) is -3.20. The molecule has 0 heterocycles. The first-order chi connectivity index (χ1) is 11.3. The summed E-state index contributed by atoms with van der Waals surface area (Å²) in [6.07, 6.45) is -5.20. The largest absolute Gasteiger partial charge is 0.505 e. The molecule has 4 nitrogen and oxygen atoms in total. The molecule has 0 aromatic heterocycles. The van der Waals surface area contributed by atoms with Crippen LogP contribution in [-0.2, 0) is 4.79 Å². The van der Waals surface area contributed by atoms with Gasteiger partial charge in [-0.25, -0.2) is 0 Å². The van der Waals surface area contributed by atoms with Gasteiger partial charge in [0.15, 0.2) is 11.5 Å². The van der Waals surface area contributed by atoms with Gasteiger partial charge in [0, 0.05) is 10.6 Å². The number of carbonyl (C=O) groups excluding carboxylic acids is 1. The fraction of sp³-hybridized carbons (Fsp3) is 0.0625. The molecule has 0 radical (unpaired) electrons. The van der Waals surface area contributed by atoms with Gasteiger partial charge in [-0.1, -0.05) is 41.9 Å². The Morgan fingerprint density at radius 2 is 1.58 bits per heavy atom. The Morgan fingerprint density at radius 3 is 2.12 bits per heavy atom. The summed E-state index contributed by atoms with van der Waals surface area (Å²) in [5, 5.41) is 17.3. The lowest BCUT2D eigenvalue weighted by molar-refractivity contribution is -0.166. The first kappa shape index (κ1) is 17.7. The van der Waals surface area contributed by atoms with Gasteiger partial charge in [0.25, 0.3) is 5.78 Å². The van der Waals surface area contributed by atoms with Crippen LogP contribution in [0.4, 0.5) is 18.9 Å². The number of hydrogen-bond donors (Lipinski definition) is 1. The van der Waals surface area contributed by atoms with E-state index in [1.807, 2.05) is 0 Å². The van der Waals surface area contributed by atoms with Crippen molar-refractivity contribution >= 4 is 28.8 Å². The minimum atomic E-state index is -5.20. The molecule has 124 valence electrons. The Kier molecular flexibility index (Phi) is 5.35. The van der Waals surface area contributed by atoms with E-state index >= 15 is 0 Å². The average molecular weight is 355 g/mol. The minimum Gasteiger partial charge on any atom is -0.505 e. The predicted molar refractivity (Wildman–Crippen MR) is 83.0 cm³/mol. The molecular weight excluding hydrogens is 345 g/mol. The monoisotopic (exact) mass is 354 g/mol. The van der Waals surface area contributed by atoms with E-state index in [1.54, 1.807) is 6.07 Å². The number of aliphatic hydroxyl groups is 1. The molecule has 0 unspecified atom stereocenters. The Labute approximate surface area is 139 Å². The van der Waals surface area contributed by atoms with Gasteiger partial charge in [-0.15, -0.1) is 5.11 Å². The number of azo groups is 1. The van der Waals surface area contributed by atoms with E-state index in [0.29, 0.717) is 5.02 Å². The quantitative estimate of drug-likeness (QED) is 0.449. The van der Waals surface area contributed by atoms with Gasteiger partial charge < -0.3 is 5.11 Å². The van der Waals surface area contributed by atoms with E-state index < -0.39 is 23.4 Å². The molecule has 0 saturated heterocycles. The predicted octanol–water partition coefficient (Wildman–Crippen LogP) is 5.48. The number of benzene rings is 2. The zero-order valence-electron chi connectivity index (χ0n) is 12.0. The van der Waals surface area contributed by atoms with E-state index in [4.69, 9.17) is 11.6 Å². The highest BCUT2D eigenvalue weighted by molar-refractivity contribution is 6.30. The summed E-state index contributed by atoms with van der Waals surface area (Å²) in [6, 6.07) is 13.0. The molecule has 0 spiro atoms. The number of halogens is 4. The van der Waals surface area contributed by atoms with Crippen molar-refractivity contribution in [3.8, 4) is 0 Å². The number of hydrogen-bond acceptors (Lipinski definition) is 4. The number of ketones is 1. The molecule has 0 atom stereocenters. The second kappa shape index (κ2) is 7.27. The van der Waals surface area contributed by atoms with E-state index in [1.165, 1.54) is 48.5 Å². The zero-order valence-corrected chi connectivity index (χ0v) is 12.7. The van der Waals surface area contributed by atoms with Crippen LogP contribution in [0, 0.1) is 0 Å². The highest BCUT2D eigenvalue weighted by atomic mass is 35.5. The second-order valence-corrected chi connectivity index (χ2v) is 5.00. The van der Waals surface area contributed by atoms with E-state index in [2.05, 4.69) is 10.2 Å². The normalized spacial score (nSPS) is 13.0. The van der Waals surface area contributed by atoms with Crippen LogP contribution in [0.2, 0.25) is 5.02 Å². The lowest BCUT2D eigenvalue weighted by Gasteiger charge is -2.08. The van der Waals surface area contributed by atoms with Gasteiger partial charge in [-0.2, -0.15) is 18.3 Å². The molecule has 2 aromatic carbocycles. The molecular formula is C16H10ClF3N2O2. The van der Waals surface area contributed by atoms with Crippen molar-refractivity contribution in [3.05, 3.63) is 70.9 Å². The molecule has 1 N–H and O–H groups in total. The summed E-state index contributed by atoms with van der Waals surface area (Å²) >= 11 is 5.69. The molecule has 0 aliphatic heterocycles. The Hall–Kier alpha value is -2.67. The average Bonchev–Trinajstić information content (AvgIpc) is 2.56. The summed E-state index contributed by atoms with van der Waals surface area (Å²) < 4.78 is 38.2.